The van der Waals surface area contributed by atoms with Gasteiger partial charge in [0.2, 0.25) is 5.91 Å². The standard InChI is InChI=1S/C16H16FN3O3S/c1-9-5-7-24-14(9)16(23)20-12-8-10(2-3-11(12)17)15(22)19-6-4-13(18)21/h2-3,5,7-8H,4,6H2,1H3,(H2,18,21)(H,19,22)(H,20,23). The Bertz CT molecular complexity index is 789. The number of amides is 3. The Morgan fingerprint density at radius 2 is 1.96 bits per heavy atom. The second-order valence-corrected chi connectivity index (χ2v) is 5.97. The fraction of sp³-hybridized carbons (Fsp3) is 0.188. The molecule has 0 unspecified atom stereocenters. The molecule has 8 heteroatoms. The average Bonchev–Trinajstić information content (AvgIpc) is 2.95. The summed E-state index contributed by atoms with van der Waals surface area (Å²) in [4.78, 5) is 35.2. The lowest BCUT2D eigenvalue weighted by molar-refractivity contribution is -0.117. The van der Waals surface area contributed by atoms with Crippen LogP contribution in [0.15, 0.2) is 29.6 Å². The summed E-state index contributed by atoms with van der Waals surface area (Å²) in [5.41, 5.74) is 5.86. The lowest BCUT2D eigenvalue weighted by Gasteiger charge is -2.09. The van der Waals surface area contributed by atoms with Crippen molar-refractivity contribution >= 4 is 34.7 Å². The van der Waals surface area contributed by atoms with E-state index in [1.807, 2.05) is 0 Å². The van der Waals surface area contributed by atoms with Crippen LogP contribution in [-0.4, -0.2) is 24.3 Å². The largest absolute Gasteiger partial charge is 0.370 e. The summed E-state index contributed by atoms with van der Waals surface area (Å²) in [6.07, 6.45) is 0.00812. The maximum Gasteiger partial charge on any atom is 0.266 e. The van der Waals surface area contributed by atoms with Crippen molar-refractivity contribution in [3.63, 3.8) is 0 Å². The van der Waals surface area contributed by atoms with Crippen LogP contribution in [0.3, 0.4) is 0 Å². The second kappa shape index (κ2) is 7.69. The van der Waals surface area contributed by atoms with Crippen molar-refractivity contribution in [3.05, 3.63) is 51.5 Å². The number of carbonyl (C=O) groups excluding carboxylic acids is 3. The van der Waals surface area contributed by atoms with Gasteiger partial charge in [-0.25, -0.2) is 4.39 Å². The zero-order valence-electron chi connectivity index (χ0n) is 12.9. The molecule has 1 heterocycles. The highest BCUT2D eigenvalue weighted by atomic mass is 32.1. The van der Waals surface area contributed by atoms with Crippen LogP contribution in [0.4, 0.5) is 10.1 Å². The normalized spacial score (nSPS) is 10.2. The molecule has 6 nitrogen and oxygen atoms in total. The number of thiophene rings is 1. The topological polar surface area (TPSA) is 101 Å². The monoisotopic (exact) mass is 349 g/mol. The molecule has 0 bridgehead atoms. The Balaban J connectivity index is 2.11. The Morgan fingerprint density at radius 1 is 1.21 bits per heavy atom. The molecule has 1 aromatic heterocycles. The summed E-state index contributed by atoms with van der Waals surface area (Å²) in [5, 5.41) is 6.73. The predicted molar refractivity (Wildman–Crippen MR) is 89.6 cm³/mol. The molecule has 0 saturated carbocycles. The molecule has 3 amide bonds. The van der Waals surface area contributed by atoms with Gasteiger partial charge < -0.3 is 16.4 Å². The number of anilines is 1. The zero-order chi connectivity index (χ0) is 17.7. The highest BCUT2D eigenvalue weighted by Gasteiger charge is 2.15. The van der Waals surface area contributed by atoms with Crippen molar-refractivity contribution in [2.75, 3.05) is 11.9 Å². The van der Waals surface area contributed by atoms with Crippen LogP contribution in [0.5, 0.6) is 0 Å². The highest BCUT2D eigenvalue weighted by Crippen LogP contribution is 2.21. The van der Waals surface area contributed by atoms with Crippen LogP contribution in [0.2, 0.25) is 0 Å². The molecule has 0 saturated heterocycles. The van der Waals surface area contributed by atoms with Crippen molar-refractivity contribution in [1.29, 1.82) is 0 Å². The van der Waals surface area contributed by atoms with Gasteiger partial charge in [-0.1, -0.05) is 0 Å². The first-order valence-electron chi connectivity index (χ1n) is 7.10. The number of benzene rings is 1. The van der Waals surface area contributed by atoms with Crippen LogP contribution < -0.4 is 16.4 Å². The van der Waals surface area contributed by atoms with Crippen LogP contribution in [0, 0.1) is 12.7 Å². The first kappa shape index (κ1) is 17.6. The van der Waals surface area contributed by atoms with E-state index >= 15 is 0 Å². The van der Waals surface area contributed by atoms with Crippen molar-refractivity contribution < 1.29 is 18.8 Å². The molecule has 24 heavy (non-hydrogen) atoms. The van der Waals surface area contributed by atoms with Crippen LogP contribution in [0.1, 0.15) is 32.0 Å². The second-order valence-electron chi connectivity index (χ2n) is 5.05. The van der Waals surface area contributed by atoms with E-state index in [1.54, 1.807) is 18.4 Å². The van der Waals surface area contributed by atoms with E-state index in [4.69, 9.17) is 5.73 Å². The van der Waals surface area contributed by atoms with Gasteiger partial charge in [-0.15, -0.1) is 11.3 Å². The SMILES string of the molecule is Cc1ccsc1C(=O)Nc1cc(C(=O)NCCC(N)=O)ccc1F. The summed E-state index contributed by atoms with van der Waals surface area (Å²) in [6.45, 7) is 1.87. The number of primary amides is 1. The van der Waals surface area contributed by atoms with Gasteiger partial charge in [0.15, 0.2) is 0 Å². The highest BCUT2D eigenvalue weighted by molar-refractivity contribution is 7.12. The van der Waals surface area contributed by atoms with Gasteiger partial charge in [0.25, 0.3) is 11.8 Å². The molecular weight excluding hydrogens is 333 g/mol. The van der Waals surface area contributed by atoms with Crippen molar-refractivity contribution in [2.24, 2.45) is 5.73 Å². The van der Waals surface area contributed by atoms with Gasteiger partial charge in [0.05, 0.1) is 10.6 Å². The fourth-order valence-electron chi connectivity index (χ4n) is 1.95. The predicted octanol–water partition coefficient (Wildman–Crippen LogP) is 2.05. The number of hydrogen-bond donors (Lipinski definition) is 3. The maximum absolute atomic E-state index is 13.9. The third kappa shape index (κ3) is 4.39. The molecule has 0 aliphatic carbocycles. The van der Waals surface area contributed by atoms with E-state index in [1.165, 1.54) is 23.5 Å². The number of aryl methyl sites for hydroxylation is 1. The zero-order valence-corrected chi connectivity index (χ0v) is 13.7. The van der Waals surface area contributed by atoms with Gasteiger partial charge in [-0.2, -0.15) is 0 Å². The van der Waals surface area contributed by atoms with E-state index in [9.17, 15) is 18.8 Å². The first-order chi connectivity index (χ1) is 11.4. The van der Waals surface area contributed by atoms with E-state index in [0.29, 0.717) is 4.88 Å². The minimum Gasteiger partial charge on any atom is -0.370 e. The Hall–Kier alpha value is -2.74. The molecule has 0 aliphatic heterocycles. The number of hydrogen-bond acceptors (Lipinski definition) is 4. The van der Waals surface area contributed by atoms with E-state index in [2.05, 4.69) is 10.6 Å². The summed E-state index contributed by atoms with van der Waals surface area (Å²) < 4.78 is 13.9. The molecule has 126 valence electrons. The summed E-state index contributed by atoms with van der Waals surface area (Å²) in [5.74, 6) is -2.10. The van der Waals surface area contributed by atoms with Gasteiger partial charge in [0.1, 0.15) is 5.82 Å². The molecule has 2 rings (SSSR count). The Kier molecular flexibility index (Phi) is 5.64. The molecule has 1 aromatic carbocycles. The minimum absolute atomic E-state index is 0.00812. The summed E-state index contributed by atoms with van der Waals surface area (Å²) in [6, 6.07) is 5.43. The molecular formula is C16H16FN3O3S. The molecule has 0 radical (unpaired) electrons. The molecule has 0 fully saturated rings. The lowest BCUT2D eigenvalue weighted by Crippen LogP contribution is -2.28. The van der Waals surface area contributed by atoms with Crippen LogP contribution in [-0.2, 0) is 4.79 Å². The van der Waals surface area contributed by atoms with Crippen LogP contribution in [0.25, 0.3) is 0 Å². The summed E-state index contributed by atoms with van der Waals surface area (Å²) >= 11 is 1.25. The number of nitrogens with two attached hydrogens (primary N) is 1. The smallest absolute Gasteiger partial charge is 0.266 e. The molecule has 0 aliphatic rings. The number of rotatable bonds is 6. The average molecular weight is 349 g/mol. The summed E-state index contributed by atoms with van der Waals surface area (Å²) in [7, 11) is 0. The van der Waals surface area contributed by atoms with E-state index in [0.717, 1.165) is 11.6 Å². The van der Waals surface area contributed by atoms with E-state index < -0.39 is 23.5 Å². The molecule has 2 aromatic rings. The fourth-order valence-corrected chi connectivity index (χ4v) is 2.77. The Morgan fingerprint density at radius 3 is 2.58 bits per heavy atom. The molecule has 0 spiro atoms. The van der Waals surface area contributed by atoms with Gasteiger partial charge in [-0.05, 0) is 42.1 Å². The number of halogens is 1. The minimum atomic E-state index is -0.647. The van der Waals surface area contributed by atoms with Crippen molar-refractivity contribution in [2.45, 2.75) is 13.3 Å². The van der Waals surface area contributed by atoms with Gasteiger partial charge in [-0.3, -0.25) is 14.4 Å². The van der Waals surface area contributed by atoms with Crippen LogP contribution >= 0.6 is 11.3 Å². The quantitative estimate of drug-likeness (QED) is 0.744. The third-order valence-electron chi connectivity index (χ3n) is 3.20. The van der Waals surface area contributed by atoms with E-state index in [-0.39, 0.29) is 24.2 Å². The Labute approximate surface area is 141 Å². The van der Waals surface area contributed by atoms with Gasteiger partial charge >= 0.3 is 0 Å². The first-order valence-corrected chi connectivity index (χ1v) is 7.98. The number of carbonyl (C=O) groups is 3. The third-order valence-corrected chi connectivity index (χ3v) is 4.22. The lowest BCUT2D eigenvalue weighted by atomic mass is 10.1. The molecule has 4 N–H and O–H groups in total. The molecule has 0 atom stereocenters. The van der Waals surface area contributed by atoms with Gasteiger partial charge in [0, 0.05) is 18.5 Å². The maximum atomic E-state index is 13.9. The number of nitrogens with one attached hydrogen (secondary N) is 2. The van der Waals surface area contributed by atoms with Crippen molar-refractivity contribution in [3.8, 4) is 0 Å². The van der Waals surface area contributed by atoms with Crippen molar-refractivity contribution in [1.82, 2.24) is 5.32 Å².